The van der Waals surface area contributed by atoms with Crippen LogP contribution >= 0.6 is 22.9 Å². The first-order valence-corrected chi connectivity index (χ1v) is 5.42. The molecule has 0 fully saturated rings. The van der Waals surface area contributed by atoms with Gasteiger partial charge in [-0.1, -0.05) is 29.8 Å². The lowest BCUT2D eigenvalue weighted by molar-refractivity contribution is 0.147. The number of aromatic nitrogens is 1. The summed E-state index contributed by atoms with van der Waals surface area (Å²) in [5.41, 5.74) is 0.492. The van der Waals surface area contributed by atoms with Gasteiger partial charge in [0.25, 0.3) is 6.43 Å². The average molecular weight is 246 g/mol. The van der Waals surface area contributed by atoms with Gasteiger partial charge in [0.2, 0.25) is 0 Å². The molecule has 1 nitrogen and oxygen atoms in total. The summed E-state index contributed by atoms with van der Waals surface area (Å²) in [6, 6.07) is 7.05. The zero-order valence-corrected chi connectivity index (χ0v) is 9.03. The van der Waals surface area contributed by atoms with Crippen LogP contribution in [-0.4, -0.2) is 4.98 Å². The van der Waals surface area contributed by atoms with Crippen molar-refractivity contribution < 1.29 is 8.78 Å². The molecule has 2 rings (SSSR count). The van der Waals surface area contributed by atoms with Crippen molar-refractivity contribution in [2.24, 2.45) is 0 Å². The molecular weight excluding hydrogens is 240 g/mol. The van der Waals surface area contributed by atoms with Crippen LogP contribution in [-0.2, 0) is 0 Å². The van der Waals surface area contributed by atoms with Gasteiger partial charge in [0.1, 0.15) is 10.7 Å². The van der Waals surface area contributed by atoms with E-state index < -0.39 is 6.43 Å². The standard InChI is InChI=1S/C10H6ClF2NS/c11-7-4-2-1-3-6(7)10-14-8(5-15-10)9(12)13/h1-5,9H. The Morgan fingerprint density at radius 2 is 2.00 bits per heavy atom. The molecule has 1 aromatic carbocycles. The van der Waals surface area contributed by atoms with E-state index >= 15 is 0 Å². The summed E-state index contributed by atoms with van der Waals surface area (Å²) < 4.78 is 24.6. The van der Waals surface area contributed by atoms with Crippen LogP contribution in [0.4, 0.5) is 8.78 Å². The lowest BCUT2D eigenvalue weighted by Gasteiger charge is -1.98. The fourth-order valence-electron chi connectivity index (χ4n) is 1.14. The Labute approximate surface area is 94.3 Å². The van der Waals surface area contributed by atoms with E-state index in [1.807, 2.05) is 0 Å². The highest BCUT2D eigenvalue weighted by Gasteiger charge is 2.13. The van der Waals surface area contributed by atoms with Crippen molar-refractivity contribution in [1.82, 2.24) is 4.98 Å². The molecule has 0 N–H and O–H groups in total. The number of nitrogens with zero attached hydrogens (tertiary/aromatic N) is 1. The molecule has 0 aliphatic heterocycles. The van der Waals surface area contributed by atoms with Gasteiger partial charge < -0.3 is 0 Å². The zero-order chi connectivity index (χ0) is 10.8. The van der Waals surface area contributed by atoms with E-state index in [0.29, 0.717) is 15.6 Å². The smallest absolute Gasteiger partial charge is 0.235 e. The molecule has 0 atom stereocenters. The molecule has 5 heteroatoms. The van der Waals surface area contributed by atoms with Gasteiger partial charge in [-0.2, -0.15) is 0 Å². The molecule has 1 aromatic heterocycles. The van der Waals surface area contributed by atoms with Gasteiger partial charge in [0.05, 0.1) is 5.02 Å². The quantitative estimate of drug-likeness (QED) is 0.764. The maximum absolute atomic E-state index is 12.3. The molecule has 0 amide bonds. The van der Waals surface area contributed by atoms with Crippen molar-refractivity contribution in [3.8, 4) is 10.6 Å². The molecule has 0 unspecified atom stereocenters. The predicted molar refractivity (Wildman–Crippen MR) is 57.5 cm³/mol. The van der Waals surface area contributed by atoms with E-state index in [4.69, 9.17) is 11.6 Å². The van der Waals surface area contributed by atoms with Gasteiger partial charge in [-0.15, -0.1) is 11.3 Å². The Hall–Kier alpha value is -1.00. The third-order valence-corrected chi connectivity index (χ3v) is 3.07. The van der Waals surface area contributed by atoms with E-state index in [2.05, 4.69) is 4.98 Å². The van der Waals surface area contributed by atoms with Gasteiger partial charge in [-0.25, -0.2) is 13.8 Å². The van der Waals surface area contributed by atoms with Gasteiger partial charge in [-0.3, -0.25) is 0 Å². The van der Waals surface area contributed by atoms with Gasteiger partial charge in [-0.05, 0) is 6.07 Å². The highest BCUT2D eigenvalue weighted by atomic mass is 35.5. The summed E-state index contributed by atoms with van der Waals surface area (Å²) in [6.45, 7) is 0. The molecule has 0 saturated heterocycles. The predicted octanol–water partition coefficient (Wildman–Crippen LogP) is 4.40. The fourth-order valence-corrected chi connectivity index (χ4v) is 2.28. The minimum atomic E-state index is -2.53. The first kappa shape index (κ1) is 10.5. The van der Waals surface area contributed by atoms with Crippen LogP contribution in [0, 0.1) is 0 Å². The Bertz CT molecular complexity index is 470. The first-order chi connectivity index (χ1) is 7.18. The summed E-state index contributed by atoms with van der Waals surface area (Å²) in [5.74, 6) is 0. The van der Waals surface area contributed by atoms with Crippen molar-refractivity contribution >= 4 is 22.9 Å². The summed E-state index contributed by atoms with van der Waals surface area (Å²) >= 11 is 7.10. The Morgan fingerprint density at radius 1 is 1.27 bits per heavy atom. The molecule has 15 heavy (non-hydrogen) atoms. The molecule has 1 heterocycles. The van der Waals surface area contributed by atoms with Crippen LogP contribution in [0.2, 0.25) is 5.02 Å². The van der Waals surface area contributed by atoms with Gasteiger partial charge >= 0.3 is 0 Å². The first-order valence-electron chi connectivity index (χ1n) is 4.17. The van der Waals surface area contributed by atoms with Gasteiger partial charge in [0, 0.05) is 10.9 Å². The fraction of sp³-hybridized carbons (Fsp3) is 0.100. The minimum absolute atomic E-state index is 0.199. The number of thiazole rings is 1. The topological polar surface area (TPSA) is 12.9 Å². The van der Waals surface area contributed by atoms with Crippen molar-refractivity contribution in [3.05, 3.63) is 40.4 Å². The normalized spacial score (nSPS) is 10.9. The highest BCUT2D eigenvalue weighted by Crippen LogP contribution is 2.32. The molecule has 2 aromatic rings. The maximum atomic E-state index is 12.3. The van der Waals surface area contributed by atoms with Crippen LogP contribution < -0.4 is 0 Å². The van der Waals surface area contributed by atoms with E-state index in [1.54, 1.807) is 24.3 Å². The Balaban J connectivity index is 2.42. The Kier molecular flexibility index (Phi) is 2.98. The monoisotopic (exact) mass is 245 g/mol. The van der Waals surface area contributed by atoms with Crippen LogP contribution in [0.1, 0.15) is 12.1 Å². The van der Waals surface area contributed by atoms with Crippen LogP contribution in [0.3, 0.4) is 0 Å². The molecular formula is C10H6ClF2NS. The maximum Gasteiger partial charge on any atom is 0.281 e. The third-order valence-electron chi connectivity index (χ3n) is 1.85. The van der Waals surface area contributed by atoms with Crippen molar-refractivity contribution in [2.45, 2.75) is 6.43 Å². The molecule has 0 spiro atoms. The van der Waals surface area contributed by atoms with E-state index in [-0.39, 0.29) is 5.69 Å². The number of hydrogen-bond donors (Lipinski definition) is 0. The third kappa shape index (κ3) is 2.16. The molecule has 0 aliphatic carbocycles. The summed E-state index contributed by atoms with van der Waals surface area (Å²) in [5, 5.41) is 2.40. The second-order valence-electron chi connectivity index (χ2n) is 2.86. The lowest BCUT2D eigenvalue weighted by Crippen LogP contribution is -1.84. The van der Waals surface area contributed by atoms with E-state index in [0.717, 1.165) is 0 Å². The summed E-state index contributed by atoms with van der Waals surface area (Å²) in [7, 11) is 0. The van der Waals surface area contributed by atoms with Crippen LogP contribution in [0.25, 0.3) is 10.6 Å². The number of alkyl halides is 2. The number of rotatable bonds is 2. The number of hydrogen-bond acceptors (Lipinski definition) is 2. The second-order valence-corrected chi connectivity index (χ2v) is 4.12. The van der Waals surface area contributed by atoms with E-state index in [1.165, 1.54) is 16.7 Å². The van der Waals surface area contributed by atoms with Crippen molar-refractivity contribution in [1.29, 1.82) is 0 Å². The SMILES string of the molecule is FC(F)c1csc(-c2ccccc2Cl)n1. The molecule has 78 valence electrons. The second kappa shape index (κ2) is 4.24. The van der Waals surface area contributed by atoms with Gasteiger partial charge in [0.15, 0.2) is 0 Å². The molecule has 0 aliphatic rings. The minimum Gasteiger partial charge on any atom is -0.235 e. The van der Waals surface area contributed by atoms with Crippen LogP contribution in [0.5, 0.6) is 0 Å². The molecule has 0 radical (unpaired) electrons. The molecule has 0 saturated carbocycles. The van der Waals surface area contributed by atoms with E-state index in [9.17, 15) is 8.78 Å². The summed E-state index contributed by atoms with van der Waals surface area (Å²) in [4.78, 5) is 3.82. The molecule has 0 bridgehead atoms. The highest BCUT2D eigenvalue weighted by molar-refractivity contribution is 7.13. The summed E-state index contributed by atoms with van der Waals surface area (Å²) in [6.07, 6.45) is -2.53. The largest absolute Gasteiger partial charge is 0.281 e. The zero-order valence-electron chi connectivity index (χ0n) is 7.45. The average Bonchev–Trinajstić information content (AvgIpc) is 2.67. The van der Waals surface area contributed by atoms with Crippen LogP contribution in [0.15, 0.2) is 29.6 Å². The van der Waals surface area contributed by atoms with Crippen molar-refractivity contribution in [2.75, 3.05) is 0 Å². The lowest BCUT2D eigenvalue weighted by atomic mass is 10.2. The number of benzene rings is 1. The van der Waals surface area contributed by atoms with Crippen molar-refractivity contribution in [3.63, 3.8) is 0 Å². The number of halogens is 3. The Morgan fingerprint density at radius 3 is 2.60 bits per heavy atom.